The van der Waals surface area contributed by atoms with Crippen molar-refractivity contribution in [3.63, 3.8) is 0 Å². The molecular weight excluding hydrogens is 414 g/mol. The number of hydrogen-bond acceptors (Lipinski definition) is 4. The summed E-state index contributed by atoms with van der Waals surface area (Å²) in [5.74, 6) is 0.599. The highest BCUT2D eigenvalue weighted by Crippen LogP contribution is 2.42. The Balaban J connectivity index is 1.49. The first kappa shape index (κ1) is 24.2. The predicted octanol–water partition coefficient (Wildman–Crippen LogP) is 3.61. The standard InChI is InChI=1S/C27H41N3O3/c1-20(31)29-17-21-10-11-22-12-15-30(26(24(22)16-21)23-8-4-2-5-9-23)25(32)18-28-19-27(33)13-6-3-7-14-27/h10-11,16,23,26,28,33H,2-9,12-15,17-19H2,1H3,(H,29,31). The van der Waals surface area contributed by atoms with Gasteiger partial charge in [-0.1, -0.05) is 56.7 Å². The minimum Gasteiger partial charge on any atom is -0.389 e. The summed E-state index contributed by atoms with van der Waals surface area (Å²) in [5.41, 5.74) is 3.05. The highest BCUT2D eigenvalue weighted by atomic mass is 16.3. The zero-order valence-electron chi connectivity index (χ0n) is 20.2. The Morgan fingerprint density at radius 2 is 1.82 bits per heavy atom. The van der Waals surface area contributed by atoms with Crippen LogP contribution >= 0.6 is 0 Å². The summed E-state index contributed by atoms with van der Waals surface area (Å²) in [7, 11) is 0. The van der Waals surface area contributed by atoms with Crippen molar-refractivity contribution in [1.82, 2.24) is 15.5 Å². The van der Waals surface area contributed by atoms with Crippen molar-refractivity contribution in [2.24, 2.45) is 5.92 Å². The second-order valence-corrected chi connectivity index (χ2v) is 10.5. The predicted molar refractivity (Wildman–Crippen MR) is 130 cm³/mol. The van der Waals surface area contributed by atoms with E-state index in [9.17, 15) is 14.7 Å². The number of aliphatic hydroxyl groups is 1. The number of hydrogen-bond donors (Lipinski definition) is 3. The molecule has 6 nitrogen and oxygen atoms in total. The van der Waals surface area contributed by atoms with E-state index >= 15 is 0 Å². The lowest BCUT2D eigenvalue weighted by Gasteiger charge is -2.43. The molecule has 0 aromatic heterocycles. The smallest absolute Gasteiger partial charge is 0.237 e. The quantitative estimate of drug-likeness (QED) is 0.587. The number of carbonyl (C=O) groups excluding carboxylic acids is 2. The van der Waals surface area contributed by atoms with E-state index in [1.165, 1.54) is 36.8 Å². The highest BCUT2D eigenvalue weighted by molar-refractivity contribution is 5.79. The summed E-state index contributed by atoms with van der Waals surface area (Å²) < 4.78 is 0. The molecule has 1 aliphatic heterocycles. The minimum atomic E-state index is -0.658. The molecule has 2 saturated carbocycles. The Morgan fingerprint density at radius 3 is 2.55 bits per heavy atom. The van der Waals surface area contributed by atoms with Crippen LogP contribution in [0.3, 0.4) is 0 Å². The fraction of sp³-hybridized carbons (Fsp3) is 0.704. The van der Waals surface area contributed by atoms with E-state index in [1.54, 1.807) is 6.92 Å². The zero-order chi connectivity index (χ0) is 23.3. The topological polar surface area (TPSA) is 81.7 Å². The first-order valence-corrected chi connectivity index (χ1v) is 13.0. The number of amides is 2. The number of fused-ring (bicyclic) bond motifs is 1. The Bertz CT molecular complexity index is 828. The molecule has 2 fully saturated rings. The van der Waals surface area contributed by atoms with E-state index in [-0.39, 0.29) is 24.4 Å². The summed E-state index contributed by atoms with van der Waals surface area (Å²) in [6.07, 6.45) is 11.9. The normalized spacial score (nSPS) is 23.1. The molecule has 1 unspecified atom stereocenters. The molecule has 0 bridgehead atoms. The van der Waals surface area contributed by atoms with Gasteiger partial charge in [-0.15, -0.1) is 0 Å². The molecule has 0 spiro atoms. The molecule has 1 aromatic rings. The van der Waals surface area contributed by atoms with Crippen LogP contribution in [0, 0.1) is 5.92 Å². The second kappa shape index (κ2) is 11.0. The third kappa shape index (κ3) is 6.15. The molecule has 1 heterocycles. The Hall–Kier alpha value is -1.92. The van der Waals surface area contributed by atoms with E-state index in [2.05, 4.69) is 33.7 Å². The number of nitrogens with zero attached hydrogens (tertiary/aromatic N) is 1. The fourth-order valence-electron chi connectivity index (χ4n) is 6.16. The van der Waals surface area contributed by atoms with Crippen molar-refractivity contribution in [2.75, 3.05) is 19.6 Å². The SMILES string of the molecule is CC(=O)NCc1ccc2c(c1)C(C1CCCCC1)N(C(=O)CNCC1(O)CCCCC1)CC2. The van der Waals surface area contributed by atoms with Gasteiger partial charge in [0.25, 0.3) is 0 Å². The summed E-state index contributed by atoms with van der Waals surface area (Å²) in [4.78, 5) is 26.9. The van der Waals surface area contributed by atoms with E-state index < -0.39 is 5.60 Å². The summed E-state index contributed by atoms with van der Waals surface area (Å²) in [6, 6.07) is 6.64. The third-order valence-electron chi connectivity index (χ3n) is 7.96. The molecule has 6 heteroatoms. The van der Waals surface area contributed by atoms with Gasteiger partial charge in [0, 0.05) is 26.6 Å². The number of rotatable bonds is 7. The third-order valence-corrected chi connectivity index (χ3v) is 7.96. The van der Waals surface area contributed by atoms with Crippen LogP contribution in [-0.2, 0) is 22.6 Å². The summed E-state index contributed by atoms with van der Waals surface area (Å²) >= 11 is 0. The number of benzene rings is 1. The average molecular weight is 456 g/mol. The van der Waals surface area contributed by atoms with Gasteiger partial charge in [0.2, 0.25) is 11.8 Å². The molecule has 2 aliphatic carbocycles. The fourth-order valence-corrected chi connectivity index (χ4v) is 6.16. The van der Waals surface area contributed by atoms with Gasteiger partial charge in [0.15, 0.2) is 0 Å². The maximum Gasteiger partial charge on any atom is 0.237 e. The van der Waals surface area contributed by atoms with Crippen LogP contribution in [0.4, 0.5) is 0 Å². The van der Waals surface area contributed by atoms with E-state index in [4.69, 9.17) is 0 Å². The van der Waals surface area contributed by atoms with Crippen LogP contribution in [-0.4, -0.2) is 47.1 Å². The first-order valence-electron chi connectivity index (χ1n) is 13.0. The minimum absolute atomic E-state index is 0.0287. The Labute approximate surface area is 198 Å². The van der Waals surface area contributed by atoms with E-state index in [0.29, 0.717) is 19.0 Å². The van der Waals surface area contributed by atoms with Crippen LogP contribution in [0.25, 0.3) is 0 Å². The summed E-state index contributed by atoms with van der Waals surface area (Å²) in [5, 5.41) is 17.0. The maximum absolute atomic E-state index is 13.4. The molecule has 0 radical (unpaired) electrons. The molecule has 0 saturated heterocycles. The van der Waals surface area contributed by atoms with Crippen molar-refractivity contribution in [1.29, 1.82) is 0 Å². The van der Waals surface area contributed by atoms with Crippen molar-refractivity contribution in [2.45, 2.75) is 95.7 Å². The maximum atomic E-state index is 13.4. The van der Waals surface area contributed by atoms with Crippen molar-refractivity contribution >= 4 is 11.8 Å². The Morgan fingerprint density at radius 1 is 1.09 bits per heavy atom. The van der Waals surface area contributed by atoms with Gasteiger partial charge in [0.05, 0.1) is 18.2 Å². The molecule has 1 atom stereocenters. The van der Waals surface area contributed by atoms with E-state index in [1.807, 2.05) is 0 Å². The lowest BCUT2D eigenvalue weighted by molar-refractivity contribution is -0.135. The van der Waals surface area contributed by atoms with Crippen molar-refractivity contribution in [3.05, 3.63) is 34.9 Å². The molecule has 33 heavy (non-hydrogen) atoms. The lowest BCUT2D eigenvalue weighted by Crippen LogP contribution is -2.49. The van der Waals surface area contributed by atoms with Crippen LogP contribution in [0.1, 0.15) is 93.9 Å². The zero-order valence-corrected chi connectivity index (χ0v) is 20.2. The van der Waals surface area contributed by atoms with E-state index in [0.717, 1.165) is 57.1 Å². The second-order valence-electron chi connectivity index (χ2n) is 10.5. The van der Waals surface area contributed by atoms with Crippen LogP contribution in [0.5, 0.6) is 0 Å². The van der Waals surface area contributed by atoms with Gasteiger partial charge in [-0.2, -0.15) is 0 Å². The lowest BCUT2D eigenvalue weighted by atomic mass is 9.76. The number of carbonyl (C=O) groups is 2. The number of nitrogens with one attached hydrogen (secondary N) is 2. The van der Waals surface area contributed by atoms with Gasteiger partial charge >= 0.3 is 0 Å². The molecule has 3 aliphatic rings. The van der Waals surface area contributed by atoms with Crippen molar-refractivity contribution < 1.29 is 14.7 Å². The van der Waals surface area contributed by atoms with Gasteiger partial charge in [-0.05, 0) is 54.7 Å². The molecule has 2 amide bonds. The molecule has 3 N–H and O–H groups in total. The monoisotopic (exact) mass is 455 g/mol. The first-order chi connectivity index (χ1) is 16.0. The van der Waals surface area contributed by atoms with Gasteiger partial charge in [-0.25, -0.2) is 0 Å². The van der Waals surface area contributed by atoms with Gasteiger partial charge in [-0.3, -0.25) is 9.59 Å². The van der Waals surface area contributed by atoms with Crippen LogP contribution in [0.2, 0.25) is 0 Å². The van der Waals surface area contributed by atoms with Crippen molar-refractivity contribution in [3.8, 4) is 0 Å². The van der Waals surface area contributed by atoms with Crippen LogP contribution in [0.15, 0.2) is 18.2 Å². The molecule has 182 valence electrons. The van der Waals surface area contributed by atoms with Gasteiger partial charge < -0.3 is 20.6 Å². The Kier molecular flexibility index (Phi) is 8.07. The highest BCUT2D eigenvalue weighted by Gasteiger charge is 2.37. The average Bonchev–Trinajstić information content (AvgIpc) is 2.82. The molecule has 1 aromatic carbocycles. The van der Waals surface area contributed by atoms with Gasteiger partial charge in [0.1, 0.15) is 0 Å². The summed E-state index contributed by atoms with van der Waals surface area (Å²) in [6.45, 7) is 3.60. The largest absolute Gasteiger partial charge is 0.389 e. The van der Waals surface area contributed by atoms with Crippen LogP contribution < -0.4 is 10.6 Å². The molecular formula is C27H41N3O3. The molecule has 4 rings (SSSR count).